The van der Waals surface area contributed by atoms with Gasteiger partial charge in [0.05, 0.1) is 6.33 Å². The highest BCUT2D eigenvalue weighted by atomic mass is 35.5. The monoisotopic (exact) mass is 338 g/mol. The predicted molar refractivity (Wildman–Crippen MR) is 94.8 cm³/mol. The van der Waals surface area contributed by atoms with Gasteiger partial charge in [-0.15, -0.1) is 0 Å². The van der Waals surface area contributed by atoms with E-state index in [2.05, 4.69) is 45.3 Å². The lowest BCUT2D eigenvalue weighted by molar-refractivity contribution is 0.541. The van der Waals surface area contributed by atoms with Crippen LogP contribution in [0, 0.1) is 5.92 Å². The Morgan fingerprint density at radius 2 is 2.12 bits per heavy atom. The number of benzene rings is 1. The van der Waals surface area contributed by atoms with E-state index in [9.17, 15) is 4.79 Å². The fourth-order valence-corrected chi connectivity index (χ4v) is 3.16. The second-order valence-corrected chi connectivity index (χ2v) is 6.16. The largest absolute Gasteiger partial charge is 0.324 e. The van der Waals surface area contributed by atoms with Crippen LogP contribution in [0.25, 0.3) is 16.7 Å². The van der Waals surface area contributed by atoms with Gasteiger partial charge in [-0.25, -0.2) is 4.98 Å². The fourth-order valence-electron chi connectivity index (χ4n) is 3.00. The molecule has 3 aromatic rings. The third-order valence-corrected chi connectivity index (χ3v) is 4.36. The molecule has 1 aliphatic rings. The molecule has 6 heteroatoms. The first-order valence-corrected chi connectivity index (χ1v) is 8.13. The summed E-state index contributed by atoms with van der Waals surface area (Å²) in [6.07, 6.45) is 9.12. The molecule has 0 saturated carbocycles. The highest BCUT2D eigenvalue weighted by molar-refractivity contribution is 6.28. The number of imidazole rings is 1. The van der Waals surface area contributed by atoms with Gasteiger partial charge in [-0.2, -0.15) is 4.98 Å². The molecule has 120 valence electrons. The third kappa shape index (κ3) is 2.78. The SMILES string of the molecule is O=c1[nH]c(Cl)nc2ncn(CC3C=CC(c4ccccc4)=CC3)c12. The molecular formula is C18H15ClN4O. The van der Waals surface area contributed by atoms with Crippen LogP contribution in [0.15, 0.2) is 59.7 Å². The Labute approximate surface area is 143 Å². The summed E-state index contributed by atoms with van der Waals surface area (Å²) in [5.41, 5.74) is 3.03. The van der Waals surface area contributed by atoms with E-state index in [1.54, 1.807) is 6.33 Å². The molecule has 24 heavy (non-hydrogen) atoms. The van der Waals surface area contributed by atoms with Crippen molar-refractivity contribution in [2.24, 2.45) is 5.92 Å². The van der Waals surface area contributed by atoms with E-state index < -0.39 is 0 Å². The van der Waals surface area contributed by atoms with Gasteiger partial charge in [-0.1, -0.05) is 48.6 Å². The van der Waals surface area contributed by atoms with Crippen LogP contribution in [-0.4, -0.2) is 19.5 Å². The van der Waals surface area contributed by atoms with E-state index in [4.69, 9.17) is 11.6 Å². The van der Waals surface area contributed by atoms with E-state index >= 15 is 0 Å². The Balaban J connectivity index is 1.55. The lowest BCUT2D eigenvalue weighted by atomic mass is 9.93. The number of hydrogen-bond acceptors (Lipinski definition) is 3. The van der Waals surface area contributed by atoms with Crippen LogP contribution in [0.1, 0.15) is 12.0 Å². The van der Waals surface area contributed by atoms with Crippen molar-refractivity contribution in [1.82, 2.24) is 19.5 Å². The maximum absolute atomic E-state index is 12.1. The summed E-state index contributed by atoms with van der Waals surface area (Å²) in [5, 5.41) is 0.0609. The molecule has 0 radical (unpaired) electrons. The molecule has 0 fully saturated rings. The third-order valence-electron chi connectivity index (χ3n) is 4.18. The van der Waals surface area contributed by atoms with Gasteiger partial charge in [-0.05, 0) is 35.1 Å². The molecule has 5 nitrogen and oxygen atoms in total. The first-order chi connectivity index (χ1) is 11.7. The molecule has 1 aromatic carbocycles. The smallest absolute Gasteiger partial charge is 0.278 e. The van der Waals surface area contributed by atoms with Crippen molar-refractivity contribution in [3.05, 3.63) is 76.1 Å². The lowest BCUT2D eigenvalue weighted by Crippen LogP contribution is -2.15. The molecule has 1 atom stereocenters. The van der Waals surface area contributed by atoms with Gasteiger partial charge in [-0.3, -0.25) is 9.78 Å². The van der Waals surface area contributed by atoms with Crippen LogP contribution >= 0.6 is 11.6 Å². The van der Waals surface area contributed by atoms with Crippen molar-refractivity contribution in [3.8, 4) is 0 Å². The number of rotatable bonds is 3. The van der Waals surface area contributed by atoms with Crippen LogP contribution < -0.4 is 5.56 Å². The summed E-state index contributed by atoms with van der Waals surface area (Å²) in [6, 6.07) is 10.3. The number of H-pyrrole nitrogens is 1. The van der Waals surface area contributed by atoms with Crippen molar-refractivity contribution in [2.45, 2.75) is 13.0 Å². The first kappa shape index (κ1) is 14.9. The number of nitrogens with one attached hydrogen (secondary N) is 1. The van der Waals surface area contributed by atoms with E-state index in [1.807, 2.05) is 22.8 Å². The molecule has 0 amide bonds. The fraction of sp³-hybridized carbons (Fsp3) is 0.167. The molecule has 2 aromatic heterocycles. The number of fused-ring (bicyclic) bond motifs is 1. The Morgan fingerprint density at radius 1 is 1.29 bits per heavy atom. The van der Waals surface area contributed by atoms with Crippen molar-refractivity contribution < 1.29 is 0 Å². The van der Waals surface area contributed by atoms with E-state index in [0.717, 1.165) is 6.42 Å². The minimum absolute atomic E-state index is 0.0609. The summed E-state index contributed by atoms with van der Waals surface area (Å²) < 4.78 is 1.84. The van der Waals surface area contributed by atoms with Gasteiger partial charge in [0.15, 0.2) is 11.2 Å². The molecule has 0 bridgehead atoms. The molecule has 2 heterocycles. The van der Waals surface area contributed by atoms with E-state index in [1.165, 1.54) is 11.1 Å². The summed E-state index contributed by atoms with van der Waals surface area (Å²) in [5.74, 6) is 0.310. The summed E-state index contributed by atoms with van der Waals surface area (Å²) in [7, 11) is 0. The normalized spacial score (nSPS) is 17.2. The number of aromatic nitrogens is 4. The van der Waals surface area contributed by atoms with Gasteiger partial charge in [0.25, 0.3) is 5.56 Å². The van der Waals surface area contributed by atoms with Crippen LogP contribution in [0.5, 0.6) is 0 Å². The van der Waals surface area contributed by atoms with Gasteiger partial charge in [0.2, 0.25) is 5.28 Å². The van der Waals surface area contributed by atoms with E-state index in [-0.39, 0.29) is 10.8 Å². The van der Waals surface area contributed by atoms with Crippen LogP contribution in [0.4, 0.5) is 0 Å². The van der Waals surface area contributed by atoms with Crippen molar-refractivity contribution in [3.63, 3.8) is 0 Å². The zero-order valence-corrected chi connectivity index (χ0v) is 13.6. The number of aromatic amines is 1. The quantitative estimate of drug-likeness (QED) is 0.744. The Hall–Kier alpha value is -2.66. The lowest BCUT2D eigenvalue weighted by Gasteiger charge is -2.17. The maximum atomic E-state index is 12.1. The topological polar surface area (TPSA) is 63.6 Å². The van der Waals surface area contributed by atoms with Gasteiger partial charge >= 0.3 is 0 Å². The van der Waals surface area contributed by atoms with Gasteiger partial charge in [0, 0.05) is 6.54 Å². The molecule has 0 spiro atoms. The van der Waals surface area contributed by atoms with E-state index in [0.29, 0.717) is 23.6 Å². The minimum atomic E-state index is -0.261. The number of hydrogen-bond donors (Lipinski definition) is 1. The highest BCUT2D eigenvalue weighted by Crippen LogP contribution is 2.25. The zero-order chi connectivity index (χ0) is 16.5. The van der Waals surface area contributed by atoms with Crippen molar-refractivity contribution in [1.29, 1.82) is 0 Å². The zero-order valence-electron chi connectivity index (χ0n) is 12.8. The summed E-state index contributed by atoms with van der Waals surface area (Å²) in [6.45, 7) is 0.679. The molecule has 4 rings (SSSR count). The average Bonchev–Trinajstić information content (AvgIpc) is 2.99. The molecule has 1 N–H and O–H groups in total. The predicted octanol–water partition coefficient (Wildman–Crippen LogP) is 3.43. The highest BCUT2D eigenvalue weighted by Gasteiger charge is 2.15. The Bertz CT molecular complexity index is 1000. The van der Waals surface area contributed by atoms with Crippen molar-refractivity contribution >= 4 is 28.3 Å². The molecule has 0 saturated heterocycles. The average molecular weight is 339 g/mol. The Kier molecular flexibility index (Phi) is 3.78. The first-order valence-electron chi connectivity index (χ1n) is 7.75. The number of allylic oxidation sites excluding steroid dienone is 4. The number of nitrogens with zero attached hydrogens (tertiary/aromatic N) is 3. The summed E-state index contributed by atoms with van der Waals surface area (Å²) >= 11 is 5.76. The molecule has 1 unspecified atom stereocenters. The molecular weight excluding hydrogens is 324 g/mol. The van der Waals surface area contributed by atoms with Crippen LogP contribution in [0.2, 0.25) is 5.28 Å². The second kappa shape index (κ2) is 6.09. The minimum Gasteiger partial charge on any atom is -0.324 e. The standard InChI is InChI=1S/C18H15ClN4O/c19-18-21-16-15(17(24)22-18)23(11-20-16)10-12-6-8-14(9-7-12)13-4-2-1-3-5-13/h1-6,8-9,11-12H,7,10H2,(H,21,22,24). The van der Waals surface area contributed by atoms with Crippen molar-refractivity contribution in [2.75, 3.05) is 0 Å². The van der Waals surface area contributed by atoms with Gasteiger partial charge in [0.1, 0.15) is 0 Å². The Morgan fingerprint density at radius 3 is 2.88 bits per heavy atom. The van der Waals surface area contributed by atoms with Crippen LogP contribution in [-0.2, 0) is 6.54 Å². The second-order valence-electron chi connectivity index (χ2n) is 5.81. The van der Waals surface area contributed by atoms with Gasteiger partial charge < -0.3 is 4.57 Å². The maximum Gasteiger partial charge on any atom is 0.278 e. The van der Waals surface area contributed by atoms with Crippen LogP contribution in [0.3, 0.4) is 0 Å². The number of halogens is 1. The molecule has 0 aliphatic heterocycles. The summed E-state index contributed by atoms with van der Waals surface area (Å²) in [4.78, 5) is 22.8. The molecule has 1 aliphatic carbocycles.